The number of rotatable bonds is 2. The molecule has 1 aromatic rings. The minimum absolute atomic E-state index is 0.151. The molecule has 0 unspecified atom stereocenters. The van der Waals surface area contributed by atoms with Crippen LogP contribution in [-0.2, 0) is 6.61 Å². The van der Waals surface area contributed by atoms with Gasteiger partial charge in [-0.2, -0.15) is 0 Å². The van der Waals surface area contributed by atoms with Gasteiger partial charge in [-0.25, -0.2) is 4.98 Å². The van der Waals surface area contributed by atoms with E-state index in [0.717, 1.165) is 0 Å². The van der Waals surface area contributed by atoms with Gasteiger partial charge in [0.05, 0.1) is 12.3 Å². The molecule has 0 saturated carbocycles. The van der Waals surface area contributed by atoms with Gasteiger partial charge in [0.15, 0.2) is 16.8 Å². The van der Waals surface area contributed by atoms with Crippen molar-refractivity contribution in [1.29, 1.82) is 0 Å². The molecular weight excluding hydrogens is 168 g/mol. The summed E-state index contributed by atoms with van der Waals surface area (Å²) >= 11 is 5.53. The Morgan fingerprint density at radius 2 is 2.45 bits per heavy atom. The molecule has 0 aliphatic heterocycles. The van der Waals surface area contributed by atoms with Crippen LogP contribution in [0.5, 0.6) is 0 Å². The maximum atomic E-state index is 10.7. The maximum Gasteiger partial charge on any atom is 0.195 e. The van der Waals surface area contributed by atoms with E-state index in [4.69, 9.17) is 16.7 Å². The zero-order valence-electron chi connectivity index (χ0n) is 5.89. The first kappa shape index (κ1) is 8.23. The Bertz CT molecular complexity index is 282. The van der Waals surface area contributed by atoms with Crippen LogP contribution in [0.1, 0.15) is 23.2 Å². The van der Waals surface area contributed by atoms with Crippen LogP contribution in [0.3, 0.4) is 0 Å². The molecule has 1 rings (SSSR count). The van der Waals surface area contributed by atoms with Crippen LogP contribution in [0.4, 0.5) is 0 Å². The highest BCUT2D eigenvalue weighted by molar-refractivity contribution is 6.30. The number of aliphatic hydroxyl groups is 1. The maximum absolute atomic E-state index is 10.7. The van der Waals surface area contributed by atoms with E-state index < -0.39 is 0 Å². The number of hydrogen-bond acceptors (Lipinski definition) is 3. The van der Waals surface area contributed by atoms with E-state index in [1.807, 2.05) is 0 Å². The molecule has 0 amide bonds. The number of aromatic nitrogens is 2. The van der Waals surface area contributed by atoms with Gasteiger partial charge in [0, 0.05) is 6.92 Å². The van der Waals surface area contributed by atoms with E-state index in [9.17, 15) is 4.79 Å². The van der Waals surface area contributed by atoms with E-state index in [-0.39, 0.29) is 23.4 Å². The number of carbonyl (C=O) groups excluding carboxylic acids is 1. The average Bonchev–Trinajstić information content (AvgIpc) is 2.31. The summed E-state index contributed by atoms with van der Waals surface area (Å²) in [6.07, 6.45) is 0. The largest absolute Gasteiger partial charge is 0.390 e. The van der Waals surface area contributed by atoms with Crippen molar-refractivity contribution in [2.24, 2.45) is 0 Å². The van der Waals surface area contributed by atoms with Crippen LogP contribution in [-0.4, -0.2) is 20.9 Å². The zero-order valence-corrected chi connectivity index (χ0v) is 6.64. The highest BCUT2D eigenvalue weighted by Crippen LogP contribution is 2.12. The number of Topliss-reactive ketones (excluding diaryl/α,β-unsaturated/α-hetero) is 1. The SMILES string of the molecule is CC(=O)c1nc(Cl)c(CO)[nH]1. The third-order valence-electron chi connectivity index (χ3n) is 1.22. The van der Waals surface area contributed by atoms with Crippen molar-refractivity contribution in [2.45, 2.75) is 13.5 Å². The highest BCUT2D eigenvalue weighted by atomic mass is 35.5. The third-order valence-corrected chi connectivity index (χ3v) is 1.53. The van der Waals surface area contributed by atoms with E-state index in [0.29, 0.717) is 5.69 Å². The van der Waals surface area contributed by atoms with Crippen molar-refractivity contribution in [3.05, 3.63) is 16.7 Å². The summed E-state index contributed by atoms with van der Waals surface area (Å²) in [6.45, 7) is 1.13. The molecule has 0 fully saturated rings. The fourth-order valence-corrected chi connectivity index (χ4v) is 0.851. The predicted molar refractivity (Wildman–Crippen MR) is 39.5 cm³/mol. The third kappa shape index (κ3) is 1.58. The Kier molecular flexibility index (Phi) is 2.26. The molecule has 60 valence electrons. The molecule has 0 aliphatic rings. The van der Waals surface area contributed by atoms with E-state index in [1.165, 1.54) is 6.92 Å². The average molecular weight is 175 g/mol. The second-order valence-corrected chi connectivity index (χ2v) is 2.43. The first-order valence-electron chi connectivity index (χ1n) is 3.01. The minimum Gasteiger partial charge on any atom is -0.390 e. The molecule has 1 heterocycles. The Labute approximate surface area is 68.2 Å². The van der Waals surface area contributed by atoms with Gasteiger partial charge in [0.2, 0.25) is 0 Å². The lowest BCUT2D eigenvalue weighted by Gasteiger charge is -1.86. The summed E-state index contributed by atoms with van der Waals surface area (Å²) < 4.78 is 0. The smallest absolute Gasteiger partial charge is 0.195 e. The summed E-state index contributed by atoms with van der Waals surface area (Å²) in [5, 5.41) is 8.80. The second-order valence-electron chi connectivity index (χ2n) is 2.07. The van der Waals surface area contributed by atoms with Crippen molar-refractivity contribution < 1.29 is 9.90 Å². The number of H-pyrrole nitrogens is 1. The standard InChI is InChI=1S/C6H7ClN2O2/c1-3(11)6-8-4(2-10)5(7)9-6/h10H,2H2,1H3,(H,8,9). The number of ketones is 1. The van der Waals surface area contributed by atoms with E-state index >= 15 is 0 Å². The van der Waals surface area contributed by atoms with E-state index in [1.54, 1.807) is 0 Å². The molecule has 0 aromatic carbocycles. The lowest BCUT2D eigenvalue weighted by molar-refractivity contribution is 0.100. The van der Waals surface area contributed by atoms with Crippen molar-refractivity contribution in [3.63, 3.8) is 0 Å². The first-order chi connectivity index (χ1) is 5.15. The number of aromatic amines is 1. The Morgan fingerprint density at radius 1 is 1.82 bits per heavy atom. The van der Waals surface area contributed by atoms with Gasteiger partial charge >= 0.3 is 0 Å². The van der Waals surface area contributed by atoms with Crippen LogP contribution in [0, 0.1) is 0 Å². The lowest BCUT2D eigenvalue weighted by atomic mass is 10.4. The number of carbonyl (C=O) groups is 1. The van der Waals surface area contributed by atoms with Gasteiger partial charge in [-0.3, -0.25) is 4.79 Å². The summed E-state index contributed by atoms with van der Waals surface area (Å²) in [6, 6.07) is 0. The minimum atomic E-state index is -0.237. The summed E-state index contributed by atoms with van der Waals surface area (Å²) in [4.78, 5) is 17.0. The molecular formula is C6H7ClN2O2. The molecule has 11 heavy (non-hydrogen) atoms. The summed E-state index contributed by atoms with van der Waals surface area (Å²) in [5.74, 6) is -0.0225. The number of halogens is 1. The molecule has 0 bridgehead atoms. The molecule has 1 aromatic heterocycles. The first-order valence-corrected chi connectivity index (χ1v) is 3.39. The topological polar surface area (TPSA) is 66.0 Å². The fourth-order valence-electron chi connectivity index (χ4n) is 0.660. The molecule has 4 nitrogen and oxygen atoms in total. The molecule has 0 atom stereocenters. The Hall–Kier alpha value is -0.870. The number of nitrogens with zero attached hydrogens (tertiary/aromatic N) is 1. The van der Waals surface area contributed by atoms with Gasteiger partial charge in [-0.1, -0.05) is 11.6 Å². The van der Waals surface area contributed by atoms with Crippen LogP contribution in [0.2, 0.25) is 5.15 Å². The van der Waals surface area contributed by atoms with Crippen LogP contribution in [0.25, 0.3) is 0 Å². The summed E-state index contributed by atoms with van der Waals surface area (Å²) in [7, 11) is 0. The number of imidazole rings is 1. The van der Waals surface area contributed by atoms with Gasteiger partial charge in [0.25, 0.3) is 0 Å². The van der Waals surface area contributed by atoms with E-state index in [2.05, 4.69) is 9.97 Å². The summed E-state index contributed by atoms with van der Waals surface area (Å²) in [5.41, 5.74) is 0.372. The molecule has 0 spiro atoms. The van der Waals surface area contributed by atoms with Crippen molar-refractivity contribution in [1.82, 2.24) is 9.97 Å². The Morgan fingerprint density at radius 3 is 2.73 bits per heavy atom. The van der Waals surface area contributed by atoms with Gasteiger partial charge in [-0.05, 0) is 0 Å². The molecule has 0 aliphatic carbocycles. The van der Waals surface area contributed by atoms with Crippen LogP contribution < -0.4 is 0 Å². The fraction of sp³-hybridized carbons (Fsp3) is 0.333. The van der Waals surface area contributed by atoms with Crippen molar-refractivity contribution >= 4 is 17.4 Å². The lowest BCUT2D eigenvalue weighted by Crippen LogP contribution is -1.94. The highest BCUT2D eigenvalue weighted by Gasteiger charge is 2.09. The van der Waals surface area contributed by atoms with Crippen LogP contribution in [0.15, 0.2) is 0 Å². The van der Waals surface area contributed by atoms with Crippen molar-refractivity contribution in [3.8, 4) is 0 Å². The van der Waals surface area contributed by atoms with Gasteiger partial charge < -0.3 is 10.1 Å². The number of nitrogens with one attached hydrogen (secondary N) is 1. The van der Waals surface area contributed by atoms with Gasteiger partial charge in [-0.15, -0.1) is 0 Å². The predicted octanol–water partition coefficient (Wildman–Crippen LogP) is 0.758. The molecule has 5 heteroatoms. The number of aliphatic hydroxyl groups excluding tert-OH is 1. The van der Waals surface area contributed by atoms with Gasteiger partial charge in [0.1, 0.15) is 0 Å². The second kappa shape index (κ2) is 3.02. The zero-order chi connectivity index (χ0) is 8.43. The quantitative estimate of drug-likeness (QED) is 0.651. The van der Waals surface area contributed by atoms with Crippen LogP contribution >= 0.6 is 11.6 Å². The number of hydrogen-bond donors (Lipinski definition) is 2. The monoisotopic (exact) mass is 174 g/mol. The normalized spacial score (nSPS) is 10.1. The van der Waals surface area contributed by atoms with Crippen molar-refractivity contribution in [2.75, 3.05) is 0 Å². The Balaban J connectivity index is 3.05. The molecule has 0 radical (unpaired) electrons. The molecule has 0 saturated heterocycles. The molecule has 2 N–H and O–H groups in total.